The zero-order valence-corrected chi connectivity index (χ0v) is 18.0. The highest BCUT2D eigenvalue weighted by atomic mass is 32.2. The van der Waals surface area contributed by atoms with Gasteiger partial charge in [0.15, 0.2) is 6.61 Å². The van der Waals surface area contributed by atoms with Crippen LogP contribution in [-0.2, 0) is 9.59 Å². The largest absolute Gasteiger partial charge is 0.494 e. The zero-order valence-electron chi connectivity index (χ0n) is 17.2. The van der Waals surface area contributed by atoms with Gasteiger partial charge in [0.2, 0.25) is 5.91 Å². The number of benzene rings is 3. The number of carbonyl (C=O) groups excluding carboxylic acids is 2. The quantitative estimate of drug-likeness (QED) is 0.445. The maximum atomic E-state index is 12.2. The van der Waals surface area contributed by atoms with Crippen LogP contribution in [0.15, 0.2) is 83.8 Å². The lowest BCUT2D eigenvalue weighted by Crippen LogP contribution is -2.20. The molecule has 0 heterocycles. The van der Waals surface area contributed by atoms with Crippen LogP contribution in [-0.4, -0.2) is 30.8 Å². The second-order valence-electron chi connectivity index (χ2n) is 6.47. The van der Waals surface area contributed by atoms with E-state index in [1.165, 1.54) is 11.8 Å². The Morgan fingerprint density at radius 2 is 1.32 bits per heavy atom. The summed E-state index contributed by atoms with van der Waals surface area (Å²) in [6.07, 6.45) is 0. The molecule has 0 aliphatic carbocycles. The highest BCUT2D eigenvalue weighted by Gasteiger charge is 2.06. The number of hydrogen-bond acceptors (Lipinski definition) is 5. The van der Waals surface area contributed by atoms with Crippen LogP contribution < -0.4 is 20.1 Å². The molecule has 0 saturated heterocycles. The highest BCUT2D eigenvalue weighted by Crippen LogP contribution is 2.21. The number of ether oxygens (including phenoxy) is 2. The molecule has 0 fully saturated rings. The van der Waals surface area contributed by atoms with Crippen LogP contribution in [0.3, 0.4) is 0 Å². The SMILES string of the molecule is CCOc1ccc(NC(=O)CSc2ccc(NC(=O)COc3ccccc3)cc2)cc1. The maximum Gasteiger partial charge on any atom is 0.262 e. The van der Waals surface area contributed by atoms with E-state index >= 15 is 0 Å². The Balaban J connectivity index is 1.40. The van der Waals surface area contributed by atoms with Crippen molar-refractivity contribution in [1.82, 2.24) is 0 Å². The molecule has 3 rings (SSSR count). The molecule has 6 nitrogen and oxygen atoms in total. The molecule has 7 heteroatoms. The second kappa shape index (κ2) is 11.7. The van der Waals surface area contributed by atoms with Gasteiger partial charge in [-0.3, -0.25) is 9.59 Å². The Labute approximate surface area is 186 Å². The number of para-hydroxylation sites is 1. The molecule has 0 radical (unpaired) electrons. The molecule has 2 amide bonds. The Bertz CT molecular complexity index is 977. The van der Waals surface area contributed by atoms with Crippen LogP contribution in [0.2, 0.25) is 0 Å². The first kappa shape index (κ1) is 22.2. The van der Waals surface area contributed by atoms with Gasteiger partial charge in [-0.15, -0.1) is 11.8 Å². The van der Waals surface area contributed by atoms with Gasteiger partial charge in [0.1, 0.15) is 11.5 Å². The molecule has 0 bridgehead atoms. The van der Waals surface area contributed by atoms with Crippen molar-refractivity contribution in [3.05, 3.63) is 78.9 Å². The molecule has 0 saturated carbocycles. The standard InChI is InChI=1S/C24H24N2O4S/c1-2-29-21-12-8-18(9-13-21)26-24(28)17-31-22-14-10-19(11-15-22)25-23(27)16-30-20-6-4-3-5-7-20/h3-15H,2,16-17H2,1H3,(H,25,27)(H,26,28). The van der Waals surface area contributed by atoms with Crippen molar-refractivity contribution in [2.75, 3.05) is 29.6 Å². The van der Waals surface area contributed by atoms with E-state index in [1.54, 1.807) is 24.3 Å². The summed E-state index contributed by atoms with van der Waals surface area (Å²) in [6, 6.07) is 23.8. The summed E-state index contributed by atoms with van der Waals surface area (Å²) in [4.78, 5) is 25.1. The van der Waals surface area contributed by atoms with Gasteiger partial charge in [0.05, 0.1) is 12.4 Å². The van der Waals surface area contributed by atoms with E-state index in [9.17, 15) is 9.59 Å². The maximum absolute atomic E-state index is 12.2. The summed E-state index contributed by atoms with van der Waals surface area (Å²) in [5, 5.41) is 5.65. The van der Waals surface area contributed by atoms with E-state index in [2.05, 4.69) is 10.6 Å². The fraction of sp³-hybridized carbons (Fsp3) is 0.167. The lowest BCUT2D eigenvalue weighted by molar-refractivity contribution is -0.118. The lowest BCUT2D eigenvalue weighted by Gasteiger charge is -2.09. The van der Waals surface area contributed by atoms with Gasteiger partial charge in [-0.05, 0) is 67.6 Å². The van der Waals surface area contributed by atoms with Crippen LogP contribution in [0.5, 0.6) is 11.5 Å². The molecule has 3 aromatic carbocycles. The Morgan fingerprint density at radius 3 is 1.97 bits per heavy atom. The Morgan fingerprint density at radius 1 is 0.742 bits per heavy atom. The summed E-state index contributed by atoms with van der Waals surface area (Å²) in [5.74, 6) is 1.37. The van der Waals surface area contributed by atoms with Crippen LogP contribution in [0.4, 0.5) is 11.4 Å². The van der Waals surface area contributed by atoms with Gasteiger partial charge in [0, 0.05) is 16.3 Å². The summed E-state index contributed by atoms with van der Waals surface area (Å²) < 4.78 is 10.8. The number of rotatable bonds is 10. The van der Waals surface area contributed by atoms with Crippen molar-refractivity contribution in [1.29, 1.82) is 0 Å². The summed E-state index contributed by atoms with van der Waals surface area (Å²) in [6.45, 7) is 2.46. The monoisotopic (exact) mass is 436 g/mol. The predicted octanol–water partition coefficient (Wildman–Crippen LogP) is 4.83. The van der Waals surface area contributed by atoms with Crippen molar-refractivity contribution in [3.63, 3.8) is 0 Å². The molecule has 0 atom stereocenters. The normalized spacial score (nSPS) is 10.2. The van der Waals surface area contributed by atoms with Gasteiger partial charge in [0.25, 0.3) is 5.91 Å². The number of hydrogen-bond donors (Lipinski definition) is 2. The Hall–Kier alpha value is -3.45. The van der Waals surface area contributed by atoms with E-state index in [0.29, 0.717) is 18.0 Å². The van der Waals surface area contributed by atoms with Crippen molar-refractivity contribution in [3.8, 4) is 11.5 Å². The van der Waals surface area contributed by atoms with Crippen LogP contribution in [0.1, 0.15) is 6.92 Å². The van der Waals surface area contributed by atoms with Crippen LogP contribution in [0.25, 0.3) is 0 Å². The molecular weight excluding hydrogens is 412 g/mol. The fourth-order valence-corrected chi connectivity index (χ4v) is 3.34. The van der Waals surface area contributed by atoms with Gasteiger partial charge in [-0.2, -0.15) is 0 Å². The van der Waals surface area contributed by atoms with E-state index in [4.69, 9.17) is 9.47 Å². The fourth-order valence-electron chi connectivity index (χ4n) is 2.64. The molecule has 2 N–H and O–H groups in total. The molecule has 0 aliphatic heterocycles. The van der Waals surface area contributed by atoms with E-state index in [0.717, 1.165) is 16.3 Å². The minimum Gasteiger partial charge on any atom is -0.494 e. The van der Waals surface area contributed by atoms with Crippen molar-refractivity contribution >= 4 is 35.0 Å². The first-order valence-corrected chi connectivity index (χ1v) is 10.8. The molecule has 0 aromatic heterocycles. The van der Waals surface area contributed by atoms with Gasteiger partial charge >= 0.3 is 0 Å². The number of nitrogens with one attached hydrogen (secondary N) is 2. The third-order valence-electron chi connectivity index (χ3n) is 4.07. The van der Waals surface area contributed by atoms with E-state index < -0.39 is 0 Å². The first-order chi connectivity index (χ1) is 15.1. The summed E-state index contributed by atoms with van der Waals surface area (Å²) >= 11 is 1.42. The Kier molecular flexibility index (Phi) is 8.37. The topological polar surface area (TPSA) is 76.7 Å². The predicted molar refractivity (Wildman–Crippen MR) is 124 cm³/mol. The molecular formula is C24H24N2O4S. The van der Waals surface area contributed by atoms with Gasteiger partial charge in [-0.25, -0.2) is 0 Å². The number of thioether (sulfide) groups is 1. The van der Waals surface area contributed by atoms with Crippen molar-refractivity contribution < 1.29 is 19.1 Å². The molecule has 31 heavy (non-hydrogen) atoms. The van der Waals surface area contributed by atoms with Crippen LogP contribution in [0, 0.1) is 0 Å². The molecule has 0 aliphatic rings. The zero-order chi connectivity index (χ0) is 21.9. The third kappa shape index (κ3) is 7.71. The molecule has 0 unspecified atom stereocenters. The summed E-state index contributed by atoms with van der Waals surface area (Å²) in [7, 11) is 0. The second-order valence-corrected chi connectivity index (χ2v) is 7.52. The van der Waals surface area contributed by atoms with E-state index in [1.807, 2.05) is 61.5 Å². The molecule has 0 spiro atoms. The molecule has 3 aromatic rings. The van der Waals surface area contributed by atoms with Crippen molar-refractivity contribution in [2.24, 2.45) is 0 Å². The van der Waals surface area contributed by atoms with Crippen LogP contribution >= 0.6 is 11.8 Å². The minimum absolute atomic E-state index is 0.0633. The average Bonchev–Trinajstić information content (AvgIpc) is 2.79. The third-order valence-corrected chi connectivity index (χ3v) is 5.08. The number of anilines is 2. The average molecular weight is 437 g/mol. The van der Waals surface area contributed by atoms with Gasteiger partial charge in [-0.1, -0.05) is 18.2 Å². The summed E-state index contributed by atoms with van der Waals surface area (Å²) in [5.41, 5.74) is 1.40. The van der Waals surface area contributed by atoms with Crippen molar-refractivity contribution in [2.45, 2.75) is 11.8 Å². The number of amides is 2. The highest BCUT2D eigenvalue weighted by molar-refractivity contribution is 8.00. The molecule has 160 valence electrons. The lowest BCUT2D eigenvalue weighted by atomic mass is 10.3. The number of carbonyl (C=O) groups is 2. The smallest absolute Gasteiger partial charge is 0.262 e. The van der Waals surface area contributed by atoms with E-state index in [-0.39, 0.29) is 24.2 Å². The first-order valence-electron chi connectivity index (χ1n) is 9.85. The minimum atomic E-state index is -0.237. The van der Waals surface area contributed by atoms with Gasteiger partial charge < -0.3 is 20.1 Å².